The van der Waals surface area contributed by atoms with Gasteiger partial charge in [0.1, 0.15) is 5.82 Å². The molecule has 2 heterocycles. The third-order valence-corrected chi connectivity index (χ3v) is 2.65. The van der Waals surface area contributed by atoms with Gasteiger partial charge < -0.3 is 5.32 Å². The fourth-order valence-electron chi connectivity index (χ4n) is 1.82. The summed E-state index contributed by atoms with van der Waals surface area (Å²) in [6.45, 7) is 0.698. The van der Waals surface area contributed by atoms with Gasteiger partial charge in [0.25, 0.3) is 5.78 Å². The number of hydrogen-bond donors (Lipinski definition) is 2. The van der Waals surface area contributed by atoms with E-state index in [-0.39, 0.29) is 5.82 Å². The minimum Gasteiger partial charge on any atom is -0.314 e. The average Bonchev–Trinajstić information content (AvgIpc) is 2.88. The summed E-state index contributed by atoms with van der Waals surface area (Å²) in [5.41, 5.74) is 1.75. The van der Waals surface area contributed by atoms with Gasteiger partial charge >= 0.3 is 0 Å². The molecule has 0 atom stereocenters. The summed E-state index contributed by atoms with van der Waals surface area (Å²) < 4.78 is 14.6. The van der Waals surface area contributed by atoms with Crippen molar-refractivity contribution in [2.24, 2.45) is 0 Å². The summed E-state index contributed by atoms with van der Waals surface area (Å²) in [5, 5.41) is 6.13. The monoisotopic (exact) mass is 245 g/mol. The number of benzene rings is 1. The van der Waals surface area contributed by atoms with Crippen molar-refractivity contribution < 1.29 is 4.39 Å². The number of H-pyrrole nitrogens is 1. The number of nitrogens with zero attached hydrogens (tertiary/aromatic N) is 3. The SMILES string of the molecule is CNCc1cn2[nH]c(-c3ccc(F)cc3)nc2n1. The zero-order valence-corrected chi connectivity index (χ0v) is 9.81. The maximum Gasteiger partial charge on any atom is 0.251 e. The first-order chi connectivity index (χ1) is 8.76. The quantitative estimate of drug-likeness (QED) is 0.736. The molecule has 0 fully saturated rings. The van der Waals surface area contributed by atoms with Gasteiger partial charge in [-0.05, 0) is 31.3 Å². The number of aromatic nitrogens is 4. The normalized spacial score (nSPS) is 11.2. The summed E-state index contributed by atoms with van der Waals surface area (Å²) in [4.78, 5) is 8.71. The lowest BCUT2D eigenvalue weighted by molar-refractivity contribution is 0.628. The number of hydrogen-bond acceptors (Lipinski definition) is 3. The van der Waals surface area contributed by atoms with Crippen LogP contribution in [-0.4, -0.2) is 26.6 Å². The Labute approximate surface area is 103 Å². The second kappa shape index (κ2) is 4.23. The van der Waals surface area contributed by atoms with Crippen LogP contribution in [0.15, 0.2) is 30.5 Å². The lowest BCUT2D eigenvalue weighted by Gasteiger charge is -1.95. The van der Waals surface area contributed by atoms with Crippen LogP contribution in [0.2, 0.25) is 0 Å². The molecule has 0 radical (unpaired) electrons. The second-order valence-corrected chi connectivity index (χ2v) is 4.01. The van der Waals surface area contributed by atoms with Crippen LogP contribution in [0.4, 0.5) is 4.39 Å². The van der Waals surface area contributed by atoms with Crippen LogP contribution in [-0.2, 0) is 6.54 Å². The van der Waals surface area contributed by atoms with Gasteiger partial charge in [-0.1, -0.05) is 0 Å². The molecular weight excluding hydrogens is 233 g/mol. The van der Waals surface area contributed by atoms with E-state index in [9.17, 15) is 4.39 Å². The molecule has 18 heavy (non-hydrogen) atoms. The van der Waals surface area contributed by atoms with Gasteiger partial charge in [0, 0.05) is 12.1 Å². The van der Waals surface area contributed by atoms with Crippen molar-refractivity contribution in [3.8, 4) is 11.4 Å². The van der Waals surface area contributed by atoms with Gasteiger partial charge in [-0.15, -0.1) is 0 Å². The Morgan fingerprint density at radius 1 is 1.28 bits per heavy atom. The fraction of sp³-hybridized carbons (Fsp3) is 0.167. The minimum absolute atomic E-state index is 0.258. The van der Waals surface area contributed by atoms with Crippen molar-refractivity contribution >= 4 is 5.78 Å². The molecule has 1 aromatic carbocycles. The number of halogens is 1. The van der Waals surface area contributed by atoms with Gasteiger partial charge in [-0.2, -0.15) is 4.98 Å². The van der Waals surface area contributed by atoms with Gasteiger partial charge in [0.05, 0.1) is 11.9 Å². The molecule has 92 valence electrons. The van der Waals surface area contributed by atoms with Crippen molar-refractivity contribution in [2.45, 2.75) is 6.54 Å². The predicted molar refractivity (Wildman–Crippen MR) is 65.5 cm³/mol. The first-order valence-corrected chi connectivity index (χ1v) is 5.61. The molecule has 0 unspecified atom stereocenters. The molecule has 0 saturated heterocycles. The number of imidazole rings is 1. The topological polar surface area (TPSA) is 58.0 Å². The second-order valence-electron chi connectivity index (χ2n) is 4.01. The summed E-state index contributed by atoms with van der Waals surface area (Å²) in [6.07, 6.45) is 1.88. The van der Waals surface area contributed by atoms with Crippen molar-refractivity contribution in [1.82, 2.24) is 24.9 Å². The van der Waals surface area contributed by atoms with E-state index in [4.69, 9.17) is 0 Å². The molecule has 0 spiro atoms. The molecule has 0 bridgehead atoms. The Balaban J connectivity index is 1.98. The highest BCUT2D eigenvalue weighted by molar-refractivity contribution is 5.56. The van der Waals surface area contributed by atoms with Crippen LogP contribution in [0.1, 0.15) is 5.69 Å². The average molecular weight is 245 g/mol. The highest BCUT2D eigenvalue weighted by Gasteiger charge is 2.08. The Morgan fingerprint density at radius 2 is 2.06 bits per heavy atom. The lowest BCUT2D eigenvalue weighted by atomic mass is 10.2. The molecule has 0 amide bonds. The van der Waals surface area contributed by atoms with Crippen LogP contribution in [0.3, 0.4) is 0 Å². The smallest absolute Gasteiger partial charge is 0.251 e. The molecule has 2 N–H and O–H groups in total. The summed E-state index contributed by atoms with van der Waals surface area (Å²) in [7, 11) is 1.87. The number of aromatic amines is 1. The Hall–Kier alpha value is -2.21. The van der Waals surface area contributed by atoms with Gasteiger partial charge in [-0.3, -0.25) is 5.10 Å². The first kappa shape index (κ1) is 10.9. The van der Waals surface area contributed by atoms with Crippen LogP contribution in [0, 0.1) is 5.82 Å². The summed E-state index contributed by atoms with van der Waals surface area (Å²) in [5.74, 6) is 1.03. The van der Waals surface area contributed by atoms with E-state index >= 15 is 0 Å². The summed E-state index contributed by atoms with van der Waals surface area (Å²) >= 11 is 0. The predicted octanol–water partition coefficient (Wildman–Crippen LogP) is 1.58. The van der Waals surface area contributed by atoms with E-state index in [1.165, 1.54) is 12.1 Å². The van der Waals surface area contributed by atoms with E-state index in [1.54, 1.807) is 16.6 Å². The number of fused-ring (bicyclic) bond motifs is 1. The Kier molecular flexibility index (Phi) is 2.56. The van der Waals surface area contributed by atoms with Crippen molar-refractivity contribution in [3.63, 3.8) is 0 Å². The third kappa shape index (κ3) is 1.86. The largest absolute Gasteiger partial charge is 0.314 e. The number of rotatable bonds is 3. The molecule has 2 aromatic heterocycles. The molecule has 5 nitrogen and oxygen atoms in total. The zero-order chi connectivity index (χ0) is 12.5. The van der Waals surface area contributed by atoms with Crippen LogP contribution in [0.5, 0.6) is 0 Å². The van der Waals surface area contributed by atoms with E-state index in [0.29, 0.717) is 18.1 Å². The maximum atomic E-state index is 12.8. The zero-order valence-electron chi connectivity index (χ0n) is 9.81. The highest BCUT2D eigenvalue weighted by atomic mass is 19.1. The molecule has 0 aliphatic carbocycles. The van der Waals surface area contributed by atoms with Crippen molar-refractivity contribution in [2.75, 3.05) is 7.05 Å². The van der Waals surface area contributed by atoms with Crippen LogP contribution in [0.25, 0.3) is 17.2 Å². The fourth-order valence-corrected chi connectivity index (χ4v) is 1.82. The van der Waals surface area contributed by atoms with Gasteiger partial charge in [0.15, 0.2) is 5.82 Å². The van der Waals surface area contributed by atoms with E-state index in [0.717, 1.165) is 11.3 Å². The highest BCUT2D eigenvalue weighted by Crippen LogP contribution is 2.16. The molecule has 0 aliphatic rings. The summed E-state index contributed by atoms with van der Waals surface area (Å²) in [6, 6.07) is 6.18. The van der Waals surface area contributed by atoms with E-state index in [1.807, 2.05) is 13.2 Å². The molecule has 3 aromatic rings. The van der Waals surface area contributed by atoms with E-state index < -0.39 is 0 Å². The molecular formula is C12H12FN5. The first-order valence-electron chi connectivity index (χ1n) is 5.61. The maximum absolute atomic E-state index is 12.8. The standard InChI is InChI=1S/C12H12FN5/c1-14-6-10-7-18-12(15-10)16-11(17-18)8-2-4-9(13)5-3-8/h2-5,7,14H,6H2,1H3,(H,15,16,17). The minimum atomic E-state index is -0.258. The number of nitrogens with one attached hydrogen (secondary N) is 2. The van der Waals surface area contributed by atoms with Crippen LogP contribution >= 0.6 is 0 Å². The molecule has 0 saturated carbocycles. The van der Waals surface area contributed by atoms with Crippen LogP contribution < -0.4 is 5.32 Å². The molecule has 3 rings (SSSR count). The van der Waals surface area contributed by atoms with Gasteiger partial charge in [-0.25, -0.2) is 13.9 Å². The molecule has 0 aliphatic heterocycles. The lowest BCUT2D eigenvalue weighted by Crippen LogP contribution is -2.05. The molecule has 6 heteroatoms. The van der Waals surface area contributed by atoms with Gasteiger partial charge in [0.2, 0.25) is 0 Å². The Bertz CT molecular complexity index is 636. The Morgan fingerprint density at radius 3 is 2.72 bits per heavy atom. The van der Waals surface area contributed by atoms with E-state index in [2.05, 4.69) is 20.4 Å². The van der Waals surface area contributed by atoms with Crippen molar-refractivity contribution in [1.29, 1.82) is 0 Å². The van der Waals surface area contributed by atoms with Crippen molar-refractivity contribution in [3.05, 3.63) is 42.0 Å². The third-order valence-electron chi connectivity index (χ3n) is 2.65.